The van der Waals surface area contributed by atoms with Gasteiger partial charge in [0, 0.05) is 25.8 Å². The lowest BCUT2D eigenvalue weighted by Crippen LogP contribution is -2.20. The number of rotatable bonds is 2. The average molecular weight is 445 g/mol. The fraction of sp³-hybridized carbons (Fsp3) is 0. The second kappa shape index (κ2) is 7.23. The first-order valence-electron chi connectivity index (χ1n) is 7.85. The number of fused-ring (bicyclic) bond motifs is 1. The number of hydrogen-bond donors (Lipinski definition) is 1. The van der Waals surface area contributed by atoms with E-state index in [1.807, 2.05) is 66.7 Å². The normalized spacial score (nSPS) is 14.3. The van der Waals surface area contributed by atoms with Crippen molar-refractivity contribution in [3.05, 3.63) is 86.8 Å². The molecule has 0 unspecified atom stereocenters. The van der Waals surface area contributed by atoms with Gasteiger partial charge in [-0.3, -0.25) is 0 Å². The number of benzene rings is 3. The third kappa shape index (κ3) is 3.54. The summed E-state index contributed by atoms with van der Waals surface area (Å²) >= 11 is 15.5. The molecule has 0 saturated carbocycles. The predicted molar refractivity (Wildman–Crippen MR) is 114 cm³/mol. The topological polar surface area (TPSA) is 36.8 Å². The van der Waals surface area contributed by atoms with Gasteiger partial charge in [-0.15, -0.1) is 0 Å². The maximum Gasteiger partial charge on any atom is 0.157 e. The molecule has 0 atom stereocenters. The van der Waals surface area contributed by atoms with Crippen LogP contribution in [-0.4, -0.2) is 11.5 Å². The largest absolute Gasteiger partial charge is 0.338 e. The zero-order chi connectivity index (χ0) is 18.1. The zero-order valence-corrected chi connectivity index (χ0v) is 16.5. The third-order valence-corrected chi connectivity index (χ3v) is 5.01. The van der Waals surface area contributed by atoms with Crippen LogP contribution in [0.15, 0.2) is 81.2 Å². The van der Waals surface area contributed by atoms with E-state index in [2.05, 4.69) is 21.2 Å². The highest BCUT2D eigenvalue weighted by atomic mass is 79.9. The summed E-state index contributed by atoms with van der Waals surface area (Å²) in [7, 11) is 0. The van der Waals surface area contributed by atoms with Crippen LogP contribution >= 0.6 is 39.1 Å². The molecule has 0 fully saturated rings. The van der Waals surface area contributed by atoms with E-state index >= 15 is 0 Å². The van der Waals surface area contributed by atoms with Gasteiger partial charge in [0.15, 0.2) is 5.84 Å². The Morgan fingerprint density at radius 2 is 1.50 bits per heavy atom. The Labute approximate surface area is 169 Å². The van der Waals surface area contributed by atoms with Gasteiger partial charge in [0.2, 0.25) is 0 Å². The number of aliphatic imine (C=N–C) groups is 2. The van der Waals surface area contributed by atoms with Gasteiger partial charge in [0.1, 0.15) is 5.71 Å². The van der Waals surface area contributed by atoms with Crippen molar-refractivity contribution in [1.82, 2.24) is 0 Å². The molecule has 3 aromatic carbocycles. The maximum absolute atomic E-state index is 5.98. The summed E-state index contributed by atoms with van der Waals surface area (Å²) in [6.07, 6.45) is 0. The number of nitrogens with one attached hydrogen (secondary N) is 1. The summed E-state index contributed by atoms with van der Waals surface area (Å²) in [4.78, 5) is 9.53. The molecule has 1 aliphatic rings. The van der Waals surface area contributed by atoms with Crippen molar-refractivity contribution in [2.24, 2.45) is 9.98 Å². The molecule has 0 saturated heterocycles. The van der Waals surface area contributed by atoms with Crippen molar-refractivity contribution in [2.45, 2.75) is 0 Å². The summed E-state index contributed by atoms with van der Waals surface area (Å²) in [5, 5.41) is 4.70. The lowest BCUT2D eigenvalue weighted by Gasteiger charge is -2.08. The fourth-order valence-electron chi connectivity index (χ4n) is 2.63. The molecule has 1 N–H and O–H groups in total. The maximum atomic E-state index is 5.98. The molecule has 0 radical (unpaired) electrons. The van der Waals surface area contributed by atoms with Crippen LogP contribution in [0.25, 0.3) is 0 Å². The minimum atomic E-state index is 0.677. The van der Waals surface area contributed by atoms with Crippen LogP contribution in [0, 0.1) is 0 Å². The Hall–Kier alpha value is -2.14. The standard InChI is InChI=1S/C20H12BrCl2N3/c21-17-3-1-2-16-18(17)26-20(25-15-10-6-13(23)7-11-15)19(16)24-14-8-4-12(22)5-9-14/h1-11H,(H,24,25,26). The Bertz CT molecular complexity index is 1030. The highest BCUT2D eigenvalue weighted by Crippen LogP contribution is 2.36. The van der Waals surface area contributed by atoms with Gasteiger partial charge in [0.25, 0.3) is 0 Å². The van der Waals surface area contributed by atoms with E-state index in [0.717, 1.165) is 32.8 Å². The van der Waals surface area contributed by atoms with E-state index in [9.17, 15) is 0 Å². The van der Waals surface area contributed by atoms with E-state index in [1.165, 1.54) is 0 Å². The van der Waals surface area contributed by atoms with Gasteiger partial charge < -0.3 is 5.32 Å². The SMILES string of the molecule is Clc1ccc(N=C2C(Nc3ccc(Cl)cc3)=Nc3c(Br)cccc32)cc1. The molecular weight excluding hydrogens is 433 g/mol. The van der Waals surface area contributed by atoms with Crippen LogP contribution in [0.4, 0.5) is 17.1 Å². The number of nitrogens with zero attached hydrogens (tertiary/aromatic N) is 2. The van der Waals surface area contributed by atoms with E-state index in [-0.39, 0.29) is 0 Å². The van der Waals surface area contributed by atoms with E-state index < -0.39 is 0 Å². The molecule has 1 heterocycles. The average Bonchev–Trinajstić information content (AvgIpc) is 2.98. The lowest BCUT2D eigenvalue weighted by atomic mass is 10.1. The van der Waals surface area contributed by atoms with Crippen LogP contribution in [-0.2, 0) is 0 Å². The molecule has 26 heavy (non-hydrogen) atoms. The molecule has 3 nitrogen and oxygen atoms in total. The zero-order valence-electron chi connectivity index (χ0n) is 13.4. The first-order chi connectivity index (χ1) is 12.6. The number of halogens is 3. The summed E-state index contributed by atoms with van der Waals surface area (Å²) < 4.78 is 0.923. The second-order valence-electron chi connectivity index (χ2n) is 5.67. The van der Waals surface area contributed by atoms with Gasteiger partial charge in [0.05, 0.1) is 11.4 Å². The molecule has 0 amide bonds. The van der Waals surface area contributed by atoms with E-state index in [0.29, 0.717) is 15.9 Å². The Kier molecular flexibility index (Phi) is 4.81. The van der Waals surface area contributed by atoms with Crippen LogP contribution < -0.4 is 5.32 Å². The number of hydrogen-bond acceptors (Lipinski definition) is 3. The van der Waals surface area contributed by atoms with Gasteiger partial charge in [-0.1, -0.05) is 35.3 Å². The summed E-state index contributed by atoms with van der Waals surface area (Å²) in [6.45, 7) is 0. The van der Waals surface area contributed by atoms with Crippen LogP contribution in [0.2, 0.25) is 10.0 Å². The van der Waals surface area contributed by atoms with Crippen LogP contribution in [0.5, 0.6) is 0 Å². The monoisotopic (exact) mass is 443 g/mol. The molecule has 1 aliphatic heterocycles. The molecule has 0 spiro atoms. The van der Waals surface area contributed by atoms with Crippen molar-refractivity contribution >= 4 is 67.7 Å². The van der Waals surface area contributed by atoms with Gasteiger partial charge in [-0.25, -0.2) is 9.98 Å². The van der Waals surface area contributed by atoms with Crippen molar-refractivity contribution in [2.75, 3.05) is 5.32 Å². The summed E-state index contributed by atoms with van der Waals surface area (Å²) in [5.74, 6) is 0.684. The van der Waals surface area contributed by atoms with Crippen molar-refractivity contribution < 1.29 is 0 Å². The fourth-order valence-corrected chi connectivity index (χ4v) is 3.33. The Morgan fingerprint density at radius 1 is 0.846 bits per heavy atom. The molecular formula is C20H12BrCl2N3. The Morgan fingerprint density at radius 3 is 2.19 bits per heavy atom. The Balaban J connectivity index is 1.77. The molecule has 0 bridgehead atoms. The van der Waals surface area contributed by atoms with Gasteiger partial charge >= 0.3 is 0 Å². The molecule has 0 aliphatic carbocycles. The minimum Gasteiger partial charge on any atom is -0.338 e. The summed E-state index contributed by atoms with van der Waals surface area (Å²) in [6, 6.07) is 20.8. The predicted octanol–water partition coefficient (Wildman–Crippen LogP) is 7.03. The number of para-hydroxylation sites is 1. The molecule has 4 rings (SSSR count). The quantitative estimate of drug-likeness (QED) is 0.452. The van der Waals surface area contributed by atoms with E-state index in [4.69, 9.17) is 33.2 Å². The van der Waals surface area contributed by atoms with Crippen molar-refractivity contribution in [3.63, 3.8) is 0 Å². The first kappa shape index (κ1) is 17.3. The first-order valence-corrected chi connectivity index (χ1v) is 9.40. The van der Waals surface area contributed by atoms with Crippen LogP contribution in [0.1, 0.15) is 5.56 Å². The molecule has 0 aromatic heterocycles. The van der Waals surface area contributed by atoms with Crippen molar-refractivity contribution in [1.29, 1.82) is 0 Å². The van der Waals surface area contributed by atoms with Crippen molar-refractivity contribution in [3.8, 4) is 0 Å². The third-order valence-electron chi connectivity index (χ3n) is 3.86. The highest BCUT2D eigenvalue weighted by Gasteiger charge is 2.24. The van der Waals surface area contributed by atoms with E-state index in [1.54, 1.807) is 0 Å². The minimum absolute atomic E-state index is 0.677. The summed E-state index contributed by atoms with van der Waals surface area (Å²) in [5.41, 5.74) is 4.30. The molecule has 3 aromatic rings. The van der Waals surface area contributed by atoms with Gasteiger partial charge in [-0.05, 0) is 70.5 Å². The molecule has 128 valence electrons. The number of amidine groups is 1. The van der Waals surface area contributed by atoms with Gasteiger partial charge in [-0.2, -0.15) is 0 Å². The highest BCUT2D eigenvalue weighted by molar-refractivity contribution is 9.10. The van der Waals surface area contributed by atoms with Crippen LogP contribution in [0.3, 0.4) is 0 Å². The molecule has 6 heteroatoms. The lowest BCUT2D eigenvalue weighted by molar-refractivity contribution is 1.49. The second-order valence-corrected chi connectivity index (χ2v) is 7.39. The number of anilines is 1. The smallest absolute Gasteiger partial charge is 0.157 e.